The third-order valence-electron chi connectivity index (χ3n) is 3.23. The van der Waals surface area contributed by atoms with E-state index in [0.717, 1.165) is 12.1 Å². The smallest absolute Gasteiger partial charge is 0.417 e. The molecule has 0 bridgehead atoms. The second kappa shape index (κ2) is 4.87. The van der Waals surface area contributed by atoms with Crippen LogP contribution < -0.4 is 0 Å². The topological polar surface area (TPSA) is 55.1 Å². The van der Waals surface area contributed by atoms with Crippen LogP contribution in [0.15, 0.2) is 48.7 Å². The van der Waals surface area contributed by atoms with Crippen molar-refractivity contribution in [3.05, 3.63) is 59.9 Å². The van der Waals surface area contributed by atoms with Crippen LogP contribution in [-0.2, 0) is 6.18 Å². The molecule has 3 aromatic rings. The molecule has 0 unspecified atom stereocenters. The van der Waals surface area contributed by atoms with E-state index in [1.54, 1.807) is 24.3 Å². The molecule has 0 radical (unpaired) electrons. The fraction of sp³-hybridized carbons (Fsp3) is 0.0667. The predicted octanol–water partition coefficient (Wildman–Crippen LogP) is 3.74. The molecule has 3 rings (SSSR count). The number of nitrogens with zero attached hydrogens (tertiary/aromatic N) is 2. The number of benzene rings is 1. The number of carboxylic acids is 1. The van der Waals surface area contributed by atoms with E-state index in [1.807, 2.05) is 0 Å². The van der Waals surface area contributed by atoms with Crippen LogP contribution >= 0.6 is 0 Å². The Balaban J connectivity index is 2.21. The van der Waals surface area contributed by atoms with Gasteiger partial charge in [-0.2, -0.15) is 13.2 Å². The Morgan fingerprint density at radius 3 is 2.45 bits per heavy atom. The zero-order valence-electron chi connectivity index (χ0n) is 11.0. The minimum Gasteiger partial charge on any atom is -0.477 e. The summed E-state index contributed by atoms with van der Waals surface area (Å²) in [6, 6.07) is 10.4. The molecule has 112 valence electrons. The lowest BCUT2D eigenvalue weighted by Crippen LogP contribution is -2.10. The van der Waals surface area contributed by atoms with Gasteiger partial charge in [0.15, 0.2) is 0 Å². The maximum absolute atomic E-state index is 12.6. The van der Waals surface area contributed by atoms with E-state index < -0.39 is 17.7 Å². The summed E-state index contributed by atoms with van der Waals surface area (Å²) in [5, 5.41) is 9.95. The number of carboxylic acid groups (broad SMARTS) is 1. The molecule has 0 aliphatic rings. The molecule has 4 nitrogen and oxygen atoms in total. The summed E-state index contributed by atoms with van der Waals surface area (Å²) in [6.45, 7) is 0. The van der Waals surface area contributed by atoms with Crippen molar-refractivity contribution in [3.63, 3.8) is 0 Å². The number of hydrogen-bond donors (Lipinski definition) is 1. The number of para-hydroxylation sites is 1. The van der Waals surface area contributed by atoms with Gasteiger partial charge in [0.2, 0.25) is 0 Å². The SMILES string of the molecule is O=C(O)c1cc2ccccc2n1-c1ccc(C(F)(F)F)cn1. The molecule has 0 saturated carbocycles. The number of alkyl halides is 3. The lowest BCUT2D eigenvalue weighted by atomic mass is 10.2. The normalized spacial score (nSPS) is 11.8. The molecule has 0 saturated heterocycles. The van der Waals surface area contributed by atoms with E-state index in [4.69, 9.17) is 0 Å². The monoisotopic (exact) mass is 306 g/mol. The molecule has 0 aliphatic carbocycles. The third-order valence-corrected chi connectivity index (χ3v) is 3.23. The van der Waals surface area contributed by atoms with Gasteiger partial charge in [-0.25, -0.2) is 9.78 Å². The van der Waals surface area contributed by atoms with Crippen LogP contribution in [0.3, 0.4) is 0 Å². The molecular formula is C15H9F3N2O2. The summed E-state index contributed by atoms with van der Waals surface area (Å²) in [6.07, 6.45) is -3.80. The molecule has 0 fully saturated rings. The number of hydrogen-bond acceptors (Lipinski definition) is 2. The molecule has 1 N–H and O–H groups in total. The maximum atomic E-state index is 12.6. The van der Waals surface area contributed by atoms with Crippen LogP contribution in [-0.4, -0.2) is 20.6 Å². The summed E-state index contributed by atoms with van der Waals surface area (Å²) in [4.78, 5) is 15.1. The molecule has 2 heterocycles. The summed E-state index contributed by atoms with van der Waals surface area (Å²) in [5.74, 6) is -1.07. The Labute approximate surface area is 122 Å². The van der Waals surface area contributed by atoms with E-state index in [0.29, 0.717) is 17.1 Å². The van der Waals surface area contributed by atoms with Gasteiger partial charge in [-0.05, 0) is 24.3 Å². The minimum atomic E-state index is -4.49. The molecule has 0 aliphatic heterocycles. The zero-order valence-corrected chi connectivity index (χ0v) is 11.0. The molecule has 7 heteroatoms. The largest absolute Gasteiger partial charge is 0.477 e. The average Bonchev–Trinajstić information content (AvgIpc) is 2.86. The molecule has 0 amide bonds. The van der Waals surface area contributed by atoms with Gasteiger partial charge in [0.05, 0.1) is 11.1 Å². The van der Waals surface area contributed by atoms with Crippen LogP contribution in [0.25, 0.3) is 16.7 Å². The van der Waals surface area contributed by atoms with Crippen LogP contribution in [0.5, 0.6) is 0 Å². The highest BCUT2D eigenvalue weighted by atomic mass is 19.4. The van der Waals surface area contributed by atoms with Crippen molar-refractivity contribution in [1.29, 1.82) is 0 Å². The first kappa shape index (κ1) is 14.1. The van der Waals surface area contributed by atoms with Crippen LogP contribution in [0.2, 0.25) is 0 Å². The van der Waals surface area contributed by atoms with Gasteiger partial charge < -0.3 is 5.11 Å². The highest BCUT2D eigenvalue weighted by Gasteiger charge is 2.31. The number of fused-ring (bicyclic) bond motifs is 1. The highest BCUT2D eigenvalue weighted by Crippen LogP contribution is 2.30. The second-order valence-electron chi connectivity index (χ2n) is 4.63. The highest BCUT2D eigenvalue weighted by molar-refractivity contribution is 5.95. The number of halogens is 3. The summed E-state index contributed by atoms with van der Waals surface area (Å²) in [5.41, 5.74) is -0.384. The quantitative estimate of drug-likeness (QED) is 0.784. The molecule has 22 heavy (non-hydrogen) atoms. The molecule has 0 spiro atoms. The van der Waals surface area contributed by atoms with Crippen LogP contribution in [0, 0.1) is 0 Å². The molecule has 2 aromatic heterocycles. The molecular weight excluding hydrogens is 297 g/mol. The Bertz CT molecular complexity index is 851. The summed E-state index contributed by atoms with van der Waals surface area (Å²) < 4.78 is 39.1. The van der Waals surface area contributed by atoms with Gasteiger partial charge in [-0.1, -0.05) is 18.2 Å². The lowest BCUT2D eigenvalue weighted by Gasteiger charge is -2.10. The lowest BCUT2D eigenvalue weighted by molar-refractivity contribution is -0.137. The minimum absolute atomic E-state index is 0.0616. The van der Waals surface area contributed by atoms with Crippen LogP contribution in [0.1, 0.15) is 16.1 Å². The molecule has 1 aromatic carbocycles. The van der Waals surface area contributed by atoms with Gasteiger partial charge in [-0.15, -0.1) is 0 Å². The number of carbonyl (C=O) groups is 1. The van der Waals surface area contributed by atoms with Crippen molar-refractivity contribution in [2.24, 2.45) is 0 Å². The summed E-state index contributed by atoms with van der Waals surface area (Å²) in [7, 11) is 0. The van der Waals surface area contributed by atoms with E-state index in [9.17, 15) is 23.1 Å². The van der Waals surface area contributed by atoms with Gasteiger partial charge in [0, 0.05) is 11.6 Å². The number of rotatable bonds is 2. The number of aromatic nitrogens is 2. The standard InChI is InChI=1S/C15H9F3N2O2/c16-15(17,18)10-5-6-13(19-8-10)20-11-4-2-1-3-9(11)7-12(20)14(21)22/h1-8H,(H,21,22). The fourth-order valence-corrected chi connectivity index (χ4v) is 2.25. The average molecular weight is 306 g/mol. The van der Waals surface area contributed by atoms with Gasteiger partial charge >= 0.3 is 12.1 Å². The van der Waals surface area contributed by atoms with Crippen molar-refractivity contribution in [2.45, 2.75) is 6.18 Å². The van der Waals surface area contributed by atoms with Crippen molar-refractivity contribution in [2.75, 3.05) is 0 Å². The van der Waals surface area contributed by atoms with Crippen LogP contribution in [0.4, 0.5) is 13.2 Å². The van der Waals surface area contributed by atoms with E-state index >= 15 is 0 Å². The first-order chi connectivity index (χ1) is 10.4. The predicted molar refractivity (Wildman–Crippen MR) is 73.0 cm³/mol. The Morgan fingerprint density at radius 1 is 1.14 bits per heavy atom. The molecule has 0 atom stereocenters. The Morgan fingerprint density at radius 2 is 1.86 bits per heavy atom. The van der Waals surface area contributed by atoms with E-state index in [-0.39, 0.29) is 11.5 Å². The van der Waals surface area contributed by atoms with Crippen molar-refractivity contribution >= 4 is 16.9 Å². The maximum Gasteiger partial charge on any atom is 0.417 e. The van der Waals surface area contributed by atoms with Gasteiger partial charge in [0.25, 0.3) is 0 Å². The Hall–Kier alpha value is -2.83. The van der Waals surface area contributed by atoms with Crippen molar-refractivity contribution in [3.8, 4) is 5.82 Å². The second-order valence-corrected chi connectivity index (χ2v) is 4.63. The zero-order chi connectivity index (χ0) is 15.9. The van der Waals surface area contributed by atoms with Crippen molar-refractivity contribution in [1.82, 2.24) is 9.55 Å². The van der Waals surface area contributed by atoms with E-state index in [1.165, 1.54) is 10.6 Å². The van der Waals surface area contributed by atoms with Crippen molar-refractivity contribution < 1.29 is 23.1 Å². The fourth-order valence-electron chi connectivity index (χ4n) is 2.25. The van der Waals surface area contributed by atoms with Gasteiger partial charge in [-0.3, -0.25) is 4.57 Å². The summed E-state index contributed by atoms with van der Waals surface area (Å²) >= 11 is 0. The number of pyridine rings is 1. The Kier molecular flexibility index (Phi) is 3.13. The third kappa shape index (κ3) is 2.30. The first-order valence-corrected chi connectivity index (χ1v) is 6.25. The number of aromatic carboxylic acids is 1. The van der Waals surface area contributed by atoms with E-state index in [2.05, 4.69) is 4.98 Å². The first-order valence-electron chi connectivity index (χ1n) is 6.25. The van der Waals surface area contributed by atoms with Gasteiger partial charge in [0.1, 0.15) is 11.5 Å².